The number of carbonyl (C=O) groups is 1. The maximum Gasteiger partial charge on any atom is 0.354 e. The monoisotopic (exact) mass is 285 g/mol. The van der Waals surface area contributed by atoms with Gasteiger partial charge in [0.2, 0.25) is 5.88 Å². The van der Waals surface area contributed by atoms with Crippen LogP contribution in [0.4, 0.5) is 0 Å². The van der Waals surface area contributed by atoms with Crippen molar-refractivity contribution >= 4 is 16.7 Å². The van der Waals surface area contributed by atoms with Gasteiger partial charge in [-0.2, -0.15) is 0 Å². The van der Waals surface area contributed by atoms with Gasteiger partial charge in [0, 0.05) is 5.39 Å². The van der Waals surface area contributed by atoms with E-state index in [9.17, 15) is 9.90 Å². The van der Waals surface area contributed by atoms with Crippen molar-refractivity contribution in [2.45, 2.75) is 44.6 Å². The lowest BCUT2D eigenvalue weighted by Gasteiger charge is -2.17. The van der Waals surface area contributed by atoms with Gasteiger partial charge in [-0.15, -0.1) is 0 Å². The molecule has 1 N–H and O–H groups in total. The summed E-state index contributed by atoms with van der Waals surface area (Å²) in [5, 5.41) is 10.9. The molecule has 110 valence electrons. The molecule has 4 nitrogen and oxygen atoms in total. The fourth-order valence-corrected chi connectivity index (χ4v) is 2.88. The predicted octanol–water partition coefficient (Wildman–Crippen LogP) is 4.03. The molecule has 0 atom stereocenters. The molecular weight excluding hydrogens is 266 g/mol. The SMILES string of the molecule is O=C(O)c1cc2ccccc2c(OC2CCCCCC2)n1. The van der Waals surface area contributed by atoms with Crippen LogP contribution in [0.15, 0.2) is 30.3 Å². The van der Waals surface area contributed by atoms with Crippen LogP contribution in [-0.4, -0.2) is 22.2 Å². The van der Waals surface area contributed by atoms with E-state index in [1.165, 1.54) is 25.7 Å². The first-order chi connectivity index (χ1) is 10.2. The Morgan fingerprint density at radius 3 is 2.57 bits per heavy atom. The van der Waals surface area contributed by atoms with E-state index in [0.29, 0.717) is 5.88 Å². The molecule has 0 spiro atoms. The van der Waals surface area contributed by atoms with Gasteiger partial charge >= 0.3 is 5.97 Å². The van der Waals surface area contributed by atoms with Crippen LogP contribution in [0.5, 0.6) is 5.88 Å². The average molecular weight is 285 g/mol. The summed E-state index contributed by atoms with van der Waals surface area (Å²) in [5.41, 5.74) is 0.0392. The number of ether oxygens (including phenoxy) is 1. The largest absolute Gasteiger partial charge is 0.477 e. The molecule has 1 aromatic carbocycles. The van der Waals surface area contributed by atoms with Crippen molar-refractivity contribution in [3.05, 3.63) is 36.0 Å². The molecule has 0 amide bonds. The normalized spacial score (nSPS) is 16.6. The average Bonchev–Trinajstić information content (AvgIpc) is 2.75. The predicted molar refractivity (Wildman–Crippen MR) is 80.8 cm³/mol. The van der Waals surface area contributed by atoms with Crippen molar-refractivity contribution in [3.8, 4) is 5.88 Å². The number of pyridine rings is 1. The minimum atomic E-state index is -1.02. The van der Waals surface area contributed by atoms with Crippen LogP contribution in [0.2, 0.25) is 0 Å². The minimum Gasteiger partial charge on any atom is -0.477 e. The van der Waals surface area contributed by atoms with Crippen LogP contribution < -0.4 is 4.74 Å². The summed E-state index contributed by atoms with van der Waals surface area (Å²) in [6.07, 6.45) is 7.03. The molecule has 0 radical (unpaired) electrons. The Balaban J connectivity index is 1.97. The van der Waals surface area contributed by atoms with E-state index in [4.69, 9.17) is 4.74 Å². The summed E-state index contributed by atoms with van der Waals surface area (Å²) in [7, 11) is 0. The molecule has 3 rings (SSSR count). The number of hydrogen-bond acceptors (Lipinski definition) is 3. The number of nitrogens with zero attached hydrogens (tertiary/aromatic N) is 1. The number of aromatic carboxylic acids is 1. The number of hydrogen-bond donors (Lipinski definition) is 1. The Hall–Kier alpha value is -2.10. The summed E-state index contributed by atoms with van der Waals surface area (Å²) in [6.45, 7) is 0. The molecular formula is C17H19NO3. The topological polar surface area (TPSA) is 59.4 Å². The van der Waals surface area contributed by atoms with Crippen LogP contribution in [0, 0.1) is 0 Å². The van der Waals surface area contributed by atoms with E-state index in [1.807, 2.05) is 24.3 Å². The van der Waals surface area contributed by atoms with Crippen molar-refractivity contribution in [3.63, 3.8) is 0 Å². The highest BCUT2D eigenvalue weighted by atomic mass is 16.5. The third kappa shape index (κ3) is 3.15. The van der Waals surface area contributed by atoms with Gasteiger partial charge in [-0.3, -0.25) is 0 Å². The maximum atomic E-state index is 11.2. The number of benzene rings is 1. The third-order valence-corrected chi connectivity index (χ3v) is 4.01. The molecule has 1 aliphatic rings. The van der Waals surface area contributed by atoms with Crippen LogP contribution >= 0.6 is 0 Å². The van der Waals surface area contributed by atoms with E-state index in [2.05, 4.69) is 4.98 Å². The second-order valence-electron chi connectivity index (χ2n) is 5.57. The van der Waals surface area contributed by atoms with Gasteiger partial charge < -0.3 is 9.84 Å². The Labute approximate surface area is 123 Å². The van der Waals surface area contributed by atoms with Gasteiger partial charge in [-0.25, -0.2) is 9.78 Å². The molecule has 4 heteroatoms. The summed E-state index contributed by atoms with van der Waals surface area (Å²) < 4.78 is 6.06. The summed E-state index contributed by atoms with van der Waals surface area (Å²) in [5.74, 6) is -0.566. The standard InChI is InChI=1S/C17H19NO3/c19-17(20)15-11-12-7-5-6-10-14(12)16(18-15)21-13-8-3-1-2-4-9-13/h5-7,10-11,13H,1-4,8-9H2,(H,19,20). The second kappa shape index (κ2) is 6.12. The molecule has 0 saturated heterocycles. The van der Waals surface area contributed by atoms with Crippen LogP contribution in [0.25, 0.3) is 10.8 Å². The van der Waals surface area contributed by atoms with Gasteiger partial charge in [0.15, 0.2) is 5.69 Å². The van der Waals surface area contributed by atoms with Crippen LogP contribution in [-0.2, 0) is 0 Å². The van der Waals surface area contributed by atoms with E-state index in [1.54, 1.807) is 6.07 Å². The highest BCUT2D eigenvalue weighted by Crippen LogP contribution is 2.28. The van der Waals surface area contributed by atoms with E-state index in [-0.39, 0.29) is 11.8 Å². The number of rotatable bonds is 3. The molecule has 2 aromatic rings. The zero-order valence-electron chi connectivity index (χ0n) is 11.9. The molecule has 0 unspecified atom stereocenters. The number of carboxylic acid groups (broad SMARTS) is 1. The lowest BCUT2D eigenvalue weighted by Crippen LogP contribution is -2.17. The van der Waals surface area contributed by atoms with Gasteiger partial charge in [0.1, 0.15) is 6.10 Å². The molecule has 1 saturated carbocycles. The zero-order valence-corrected chi connectivity index (χ0v) is 11.9. The Kier molecular flexibility index (Phi) is 4.04. The number of fused-ring (bicyclic) bond motifs is 1. The van der Waals surface area contributed by atoms with E-state index < -0.39 is 5.97 Å². The lowest BCUT2D eigenvalue weighted by atomic mass is 10.1. The summed E-state index contributed by atoms with van der Waals surface area (Å²) >= 11 is 0. The van der Waals surface area contributed by atoms with Crippen molar-refractivity contribution < 1.29 is 14.6 Å². The minimum absolute atomic E-state index is 0.0392. The first-order valence-electron chi connectivity index (χ1n) is 7.54. The molecule has 0 bridgehead atoms. The Morgan fingerprint density at radius 1 is 1.14 bits per heavy atom. The molecule has 21 heavy (non-hydrogen) atoms. The van der Waals surface area contributed by atoms with Crippen LogP contribution in [0.1, 0.15) is 49.0 Å². The van der Waals surface area contributed by atoms with Gasteiger partial charge in [0.05, 0.1) is 0 Å². The molecule has 1 aromatic heterocycles. The van der Waals surface area contributed by atoms with Gasteiger partial charge in [-0.1, -0.05) is 31.0 Å². The second-order valence-corrected chi connectivity index (χ2v) is 5.57. The highest BCUT2D eigenvalue weighted by molar-refractivity contribution is 5.94. The summed E-state index contributed by atoms with van der Waals surface area (Å²) in [4.78, 5) is 15.4. The van der Waals surface area contributed by atoms with Crippen molar-refractivity contribution in [2.24, 2.45) is 0 Å². The first-order valence-corrected chi connectivity index (χ1v) is 7.54. The number of carboxylic acids is 1. The highest BCUT2D eigenvalue weighted by Gasteiger charge is 2.18. The summed E-state index contributed by atoms with van der Waals surface area (Å²) in [6, 6.07) is 9.23. The smallest absolute Gasteiger partial charge is 0.354 e. The van der Waals surface area contributed by atoms with Crippen molar-refractivity contribution in [2.75, 3.05) is 0 Å². The molecule has 0 aliphatic heterocycles. The Morgan fingerprint density at radius 2 is 1.86 bits per heavy atom. The van der Waals surface area contributed by atoms with E-state index >= 15 is 0 Å². The molecule has 1 aliphatic carbocycles. The third-order valence-electron chi connectivity index (χ3n) is 4.01. The molecule has 1 heterocycles. The first kappa shape index (κ1) is 13.9. The number of aromatic nitrogens is 1. The van der Waals surface area contributed by atoms with Crippen LogP contribution in [0.3, 0.4) is 0 Å². The quantitative estimate of drug-likeness (QED) is 0.865. The van der Waals surface area contributed by atoms with Gasteiger partial charge in [0.25, 0.3) is 0 Å². The maximum absolute atomic E-state index is 11.2. The zero-order chi connectivity index (χ0) is 14.7. The van der Waals surface area contributed by atoms with Crippen molar-refractivity contribution in [1.82, 2.24) is 4.98 Å². The Bertz CT molecular complexity index is 646. The van der Waals surface area contributed by atoms with Crippen molar-refractivity contribution in [1.29, 1.82) is 0 Å². The fourth-order valence-electron chi connectivity index (χ4n) is 2.88. The molecule has 1 fully saturated rings. The van der Waals surface area contributed by atoms with Gasteiger partial charge in [-0.05, 0) is 43.2 Å². The lowest BCUT2D eigenvalue weighted by molar-refractivity contribution is 0.0688. The fraction of sp³-hybridized carbons (Fsp3) is 0.412. The van der Waals surface area contributed by atoms with E-state index in [0.717, 1.165) is 23.6 Å².